The zero-order chi connectivity index (χ0) is 23.9. The van der Waals surface area contributed by atoms with Gasteiger partial charge in [0.25, 0.3) is 11.5 Å². The highest BCUT2D eigenvalue weighted by Gasteiger charge is 2.10. The SMILES string of the molecule is C/C(=C\c1ccc(CNC(=O)c2cc(=O)n3ccccc3n2)cc1N)CNCc1ccccc1. The van der Waals surface area contributed by atoms with Crippen LogP contribution in [0.25, 0.3) is 11.7 Å². The largest absolute Gasteiger partial charge is 0.398 e. The number of amides is 1. The van der Waals surface area contributed by atoms with E-state index in [1.165, 1.54) is 16.0 Å². The van der Waals surface area contributed by atoms with E-state index in [1.54, 1.807) is 24.4 Å². The van der Waals surface area contributed by atoms with Crippen LogP contribution in [0.1, 0.15) is 34.1 Å². The third-order valence-corrected chi connectivity index (χ3v) is 5.39. The molecule has 0 aliphatic rings. The maximum Gasteiger partial charge on any atom is 0.270 e. The number of fused-ring (bicyclic) bond motifs is 1. The normalized spacial score (nSPS) is 11.5. The lowest BCUT2D eigenvalue weighted by Crippen LogP contribution is -2.27. The molecule has 0 atom stereocenters. The zero-order valence-electron chi connectivity index (χ0n) is 19.0. The van der Waals surface area contributed by atoms with Crippen molar-refractivity contribution >= 4 is 23.3 Å². The summed E-state index contributed by atoms with van der Waals surface area (Å²) in [4.78, 5) is 29.0. The van der Waals surface area contributed by atoms with Crippen LogP contribution in [0.5, 0.6) is 0 Å². The van der Waals surface area contributed by atoms with Crippen LogP contribution in [-0.2, 0) is 13.1 Å². The summed E-state index contributed by atoms with van der Waals surface area (Å²) < 4.78 is 1.39. The monoisotopic (exact) mass is 453 g/mol. The van der Waals surface area contributed by atoms with Gasteiger partial charge in [-0.15, -0.1) is 0 Å². The lowest BCUT2D eigenvalue weighted by atomic mass is 10.1. The van der Waals surface area contributed by atoms with E-state index in [0.29, 0.717) is 11.3 Å². The first-order chi connectivity index (χ1) is 16.5. The van der Waals surface area contributed by atoms with Crippen LogP contribution in [0.4, 0.5) is 5.69 Å². The number of nitrogen functional groups attached to an aromatic ring is 1. The van der Waals surface area contributed by atoms with Gasteiger partial charge in [-0.1, -0.05) is 60.2 Å². The van der Waals surface area contributed by atoms with Gasteiger partial charge in [-0.25, -0.2) is 4.98 Å². The smallest absolute Gasteiger partial charge is 0.270 e. The van der Waals surface area contributed by atoms with Crippen molar-refractivity contribution in [2.75, 3.05) is 12.3 Å². The Balaban J connectivity index is 1.35. The first-order valence-electron chi connectivity index (χ1n) is 11.1. The highest BCUT2D eigenvalue weighted by Crippen LogP contribution is 2.18. The average molecular weight is 454 g/mol. The Bertz CT molecular complexity index is 1390. The minimum Gasteiger partial charge on any atom is -0.398 e. The number of hydrogen-bond acceptors (Lipinski definition) is 5. The van der Waals surface area contributed by atoms with E-state index in [2.05, 4.69) is 40.8 Å². The number of nitrogens with zero attached hydrogens (tertiary/aromatic N) is 2. The number of hydrogen-bond donors (Lipinski definition) is 3. The average Bonchev–Trinajstić information content (AvgIpc) is 2.84. The van der Waals surface area contributed by atoms with Crippen molar-refractivity contribution in [1.29, 1.82) is 0 Å². The summed E-state index contributed by atoms with van der Waals surface area (Å²) in [7, 11) is 0. The fraction of sp³-hybridized carbons (Fsp3) is 0.148. The van der Waals surface area contributed by atoms with E-state index in [1.807, 2.05) is 36.4 Å². The minimum absolute atomic E-state index is 0.0855. The predicted octanol–water partition coefficient (Wildman–Crippen LogP) is 3.40. The van der Waals surface area contributed by atoms with E-state index in [4.69, 9.17) is 5.73 Å². The molecule has 172 valence electrons. The molecule has 0 saturated heterocycles. The van der Waals surface area contributed by atoms with E-state index in [-0.39, 0.29) is 17.8 Å². The molecule has 0 aliphatic heterocycles. The summed E-state index contributed by atoms with van der Waals surface area (Å²) in [6, 6.07) is 22.4. The van der Waals surface area contributed by atoms with E-state index < -0.39 is 5.91 Å². The molecule has 4 aromatic rings. The van der Waals surface area contributed by atoms with Crippen molar-refractivity contribution in [3.05, 3.63) is 117 Å². The van der Waals surface area contributed by atoms with Crippen molar-refractivity contribution < 1.29 is 4.79 Å². The van der Waals surface area contributed by atoms with Crippen LogP contribution in [0, 0.1) is 0 Å². The first kappa shape index (κ1) is 22.9. The van der Waals surface area contributed by atoms with Gasteiger partial charge < -0.3 is 16.4 Å². The third kappa shape index (κ3) is 5.76. The summed E-state index contributed by atoms with van der Waals surface area (Å²) in [5.74, 6) is -0.411. The molecule has 0 spiro atoms. The van der Waals surface area contributed by atoms with Gasteiger partial charge >= 0.3 is 0 Å². The Hall–Kier alpha value is -4.23. The van der Waals surface area contributed by atoms with Crippen LogP contribution in [-0.4, -0.2) is 21.8 Å². The topological polar surface area (TPSA) is 102 Å². The second-order valence-electron chi connectivity index (χ2n) is 8.13. The Morgan fingerprint density at radius 1 is 1.00 bits per heavy atom. The Morgan fingerprint density at radius 3 is 2.59 bits per heavy atom. The second kappa shape index (κ2) is 10.6. The molecular weight excluding hydrogens is 426 g/mol. The zero-order valence-corrected chi connectivity index (χ0v) is 19.0. The van der Waals surface area contributed by atoms with Crippen LogP contribution < -0.4 is 21.9 Å². The number of benzene rings is 2. The summed E-state index contributed by atoms with van der Waals surface area (Å²) in [5.41, 5.74) is 11.3. The number of rotatable bonds is 8. The maximum absolute atomic E-state index is 12.5. The molecule has 2 heterocycles. The number of pyridine rings is 1. The fourth-order valence-electron chi connectivity index (χ4n) is 3.62. The highest BCUT2D eigenvalue weighted by molar-refractivity contribution is 5.92. The number of nitrogens with one attached hydrogen (secondary N) is 2. The third-order valence-electron chi connectivity index (χ3n) is 5.39. The highest BCUT2D eigenvalue weighted by atomic mass is 16.2. The van der Waals surface area contributed by atoms with E-state index in [9.17, 15) is 9.59 Å². The Kier molecular flexibility index (Phi) is 7.15. The molecule has 2 aromatic carbocycles. The molecule has 2 aromatic heterocycles. The van der Waals surface area contributed by atoms with Gasteiger partial charge in [-0.05, 0) is 41.8 Å². The minimum atomic E-state index is -0.411. The number of nitrogens with two attached hydrogens (primary N) is 1. The van der Waals surface area contributed by atoms with Crippen LogP contribution in [0.3, 0.4) is 0 Å². The molecule has 0 aliphatic carbocycles. The maximum atomic E-state index is 12.5. The lowest BCUT2D eigenvalue weighted by molar-refractivity contribution is 0.0946. The van der Waals surface area contributed by atoms with Gasteiger partial charge in [0.15, 0.2) is 0 Å². The Morgan fingerprint density at radius 2 is 1.79 bits per heavy atom. The van der Waals surface area contributed by atoms with Crippen molar-refractivity contribution in [1.82, 2.24) is 20.0 Å². The van der Waals surface area contributed by atoms with Gasteiger partial charge in [0.05, 0.1) is 0 Å². The molecule has 1 amide bonds. The van der Waals surface area contributed by atoms with Gasteiger partial charge in [0.1, 0.15) is 11.3 Å². The molecule has 7 nitrogen and oxygen atoms in total. The summed E-state index contributed by atoms with van der Waals surface area (Å²) in [6.45, 7) is 3.90. The van der Waals surface area contributed by atoms with Gasteiger partial charge in [-0.2, -0.15) is 0 Å². The first-order valence-corrected chi connectivity index (χ1v) is 11.1. The van der Waals surface area contributed by atoms with Gasteiger partial charge in [0.2, 0.25) is 0 Å². The molecular formula is C27H27N5O2. The molecule has 4 N–H and O–H groups in total. The fourth-order valence-corrected chi connectivity index (χ4v) is 3.62. The van der Waals surface area contributed by atoms with Crippen LogP contribution >= 0.6 is 0 Å². The van der Waals surface area contributed by atoms with E-state index in [0.717, 1.165) is 29.8 Å². The van der Waals surface area contributed by atoms with Crippen molar-refractivity contribution in [3.63, 3.8) is 0 Å². The molecule has 4 rings (SSSR count). The van der Waals surface area contributed by atoms with Gasteiger partial charge in [0, 0.05) is 37.6 Å². The van der Waals surface area contributed by atoms with E-state index >= 15 is 0 Å². The van der Waals surface area contributed by atoms with Crippen LogP contribution in [0.15, 0.2) is 89.4 Å². The summed E-state index contributed by atoms with van der Waals surface area (Å²) in [5, 5.41) is 6.24. The number of aromatic nitrogens is 2. The second-order valence-corrected chi connectivity index (χ2v) is 8.13. The molecule has 0 bridgehead atoms. The quantitative estimate of drug-likeness (QED) is 0.355. The summed E-state index contributed by atoms with van der Waals surface area (Å²) >= 11 is 0. The standard InChI is InChI=1S/C27H27N5O2/c1-19(16-29-17-20-7-3-2-4-8-20)13-22-11-10-21(14-23(22)28)18-30-27(34)24-15-26(33)32-12-6-5-9-25(32)31-24/h2-15,29H,16-18,28H2,1H3,(H,30,34)/b19-13+. The number of anilines is 1. The van der Waals surface area contributed by atoms with Gasteiger partial charge in [-0.3, -0.25) is 14.0 Å². The summed E-state index contributed by atoms with van der Waals surface area (Å²) in [6.07, 6.45) is 3.67. The van der Waals surface area contributed by atoms with Crippen LogP contribution in [0.2, 0.25) is 0 Å². The Labute approximate surface area is 198 Å². The molecule has 0 unspecified atom stereocenters. The predicted molar refractivity (Wildman–Crippen MR) is 135 cm³/mol. The molecule has 0 radical (unpaired) electrons. The number of carbonyl (C=O) groups is 1. The molecule has 7 heteroatoms. The van der Waals surface area contributed by atoms with Crippen molar-refractivity contribution in [2.45, 2.75) is 20.0 Å². The van der Waals surface area contributed by atoms with Crippen molar-refractivity contribution in [2.24, 2.45) is 0 Å². The molecule has 34 heavy (non-hydrogen) atoms. The molecule has 0 fully saturated rings. The number of carbonyl (C=O) groups excluding carboxylic acids is 1. The van der Waals surface area contributed by atoms with Crippen molar-refractivity contribution in [3.8, 4) is 0 Å². The lowest BCUT2D eigenvalue weighted by Gasteiger charge is -2.09. The molecule has 0 saturated carbocycles.